The van der Waals surface area contributed by atoms with Gasteiger partial charge in [-0.15, -0.1) is 0 Å². The Morgan fingerprint density at radius 3 is 2.43 bits per heavy atom. The standard InChI is InChI=1S/C8H10F3N3/c1-14-6(8(9,10)11)4-5(13-14)7(12)2-3-7/h4H,2-3,12H2,1H3. The summed E-state index contributed by atoms with van der Waals surface area (Å²) in [6.45, 7) is 0. The molecule has 0 amide bonds. The van der Waals surface area contributed by atoms with Gasteiger partial charge in [0.1, 0.15) is 5.69 Å². The van der Waals surface area contributed by atoms with Gasteiger partial charge in [0.05, 0.1) is 11.2 Å². The highest BCUT2D eigenvalue weighted by molar-refractivity contribution is 5.25. The van der Waals surface area contributed by atoms with E-state index in [-0.39, 0.29) is 0 Å². The van der Waals surface area contributed by atoms with E-state index in [1.165, 1.54) is 7.05 Å². The van der Waals surface area contributed by atoms with Crippen molar-refractivity contribution in [2.75, 3.05) is 0 Å². The van der Waals surface area contributed by atoms with Gasteiger partial charge >= 0.3 is 6.18 Å². The second kappa shape index (κ2) is 2.50. The SMILES string of the molecule is Cn1nc(C2(N)CC2)cc1C(F)(F)F. The van der Waals surface area contributed by atoms with Crippen LogP contribution in [0.25, 0.3) is 0 Å². The molecule has 1 saturated carbocycles. The number of nitrogens with two attached hydrogens (primary N) is 1. The molecule has 0 spiro atoms. The van der Waals surface area contributed by atoms with Crippen molar-refractivity contribution in [1.82, 2.24) is 9.78 Å². The third kappa shape index (κ3) is 1.39. The van der Waals surface area contributed by atoms with Crippen LogP contribution in [0.15, 0.2) is 6.07 Å². The van der Waals surface area contributed by atoms with Gasteiger partial charge in [0.25, 0.3) is 0 Å². The number of halogens is 3. The molecular formula is C8H10F3N3. The number of hydrogen-bond acceptors (Lipinski definition) is 2. The first-order valence-electron chi connectivity index (χ1n) is 4.23. The van der Waals surface area contributed by atoms with Crippen molar-refractivity contribution < 1.29 is 13.2 Å². The summed E-state index contributed by atoms with van der Waals surface area (Å²) in [5, 5.41) is 3.78. The van der Waals surface area contributed by atoms with Crippen LogP contribution in [0.3, 0.4) is 0 Å². The molecule has 0 saturated heterocycles. The van der Waals surface area contributed by atoms with E-state index in [0.29, 0.717) is 18.5 Å². The van der Waals surface area contributed by atoms with Crippen LogP contribution in [0.5, 0.6) is 0 Å². The summed E-state index contributed by atoms with van der Waals surface area (Å²) in [4.78, 5) is 0. The van der Waals surface area contributed by atoms with Crippen LogP contribution in [0, 0.1) is 0 Å². The van der Waals surface area contributed by atoms with E-state index in [9.17, 15) is 13.2 Å². The zero-order chi connectivity index (χ0) is 10.6. The van der Waals surface area contributed by atoms with E-state index in [2.05, 4.69) is 5.10 Å². The van der Waals surface area contributed by atoms with E-state index < -0.39 is 17.4 Å². The molecule has 1 fully saturated rings. The second-order valence-corrected chi connectivity index (χ2v) is 3.69. The molecule has 0 radical (unpaired) electrons. The predicted molar refractivity (Wildman–Crippen MR) is 43.3 cm³/mol. The van der Waals surface area contributed by atoms with Gasteiger partial charge in [-0.25, -0.2) is 0 Å². The zero-order valence-corrected chi connectivity index (χ0v) is 7.60. The van der Waals surface area contributed by atoms with E-state index >= 15 is 0 Å². The molecule has 14 heavy (non-hydrogen) atoms. The minimum atomic E-state index is -4.36. The highest BCUT2D eigenvalue weighted by Gasteiger charge is 2.45. The zero-order valence-electron chi connectivity index (χ0n) is 7.60. The first kappa shape index (κ1) is 9.51. The van der Waals surface area contributed by atoms with E-state index in [1.54, 1.807) is 0 Å². The maximum absolute atomic E-state index is 12.4. The van der Waals surface area contributed by atoms with Gasteiger partial charge < -0.3 is 5.73 Å². The summed E-state index contributed by atoms with van der Waals surface area (Å²) in [5.74, 6) is 0. The van der Waals surface area contributed by atoms with Crippen LogP contribution in [0.1, 0.15) is 24.2 Å². The summed E-state index contributed by atoms with van der Waals surface area (Å²) in [6.07, 6.45) is -2.94. The van der Waals surface area contributed by atoms with Gasteiger partial charge in [0.2, 0.25) is 0 Å². The lowest BCUT2D eigenvalue weighted by atomic mass is 10.2. The average Bonchev–Trinajstić information content (AvgIpc) is 2.61. The molecule has 1 aromatic heterocycles. The van der Waals surface area contributed by atoms with Gasteiger partial charge in [-0.1, -0.05) is 0 Å². The molecular weight excluding hydrogens is 195 g/mol. The lowest BCUT2D eigenvalue weighted by Gasteiger charge is -2.04. The van der Waals surface area contributed by atoms with Gasteiger partial charge in [0, 0.05) is 7.05 Å². The number of rotatable bonds is 1. The fraction of sp³-hybridized carbons (Fsp3) is 0.625. The Balaban J connectivity index is 2.40. The van der Waals surface area contributed by atoms with Crippen molar-refractivity contribution in [2.45, 2.75) is 24.6 Å². The normalized spacial score (nSPS) is 19.8. The third-order valence-corrected chi connectivity index (χ3v) is 2.47. The fourth-order valence-electron chi connectivity index (χ4n) is 1.37. The summed E-state index contributed by atoms with van der Waals surface area (Å²) in [5.41, 5.74) is 4.73. The lowest BCUT2D eigenvalue weighted by molar-refractivity contribution is -0.143. The van der Waals surface area contributed by atoms with Crippen LogP contribution in [-0.4, -0.2) is 9.78 Å². The lowest BCUT2D eigenvalue weighted by Crippen LogP contribution is -2.19. The highest BCUT2D eigenvalue weighted by atomic mass is 19.4. The van der Waals surface area contributed by atoms with E-state index in [1.807, 2.05) is 0 Å². The van der Waals surface area contributed by atoms with Crippen molar-refractivity contribution in [3.05, 3.63) is 17.5 Å². The Kier molecular flexibility index (Phi) is 1.70. The largest absolute Gasteiger partial charge is 0.433 e. The summed E-state index contributed by atoms with van der Waals surface area (Å²) >= 11 is 0. The Labute approximate surface area is 78.7 Å². The number of hydrogen-bond donors (Lipinski definition) is 1. The molecule has 1 aliphatic carbocycles. The summed E-state index contributed by atoms with van der Waals surface area (Å²) in [7, 11) is 1.28. The van der Waals surface area contributed by atoms with Gasteiger partial charge in [-0.3, -0.25) is 4.68 Å². The first-order chi connectivity index (χ1) is 6.33. The Bertz CT molecular complexity index is 362. The Morgan fingerprint density at radius 2 is 2.07 bits per heavy atom. The van der Waals surface area contributed by atoms with Crippen LogP contribution in [-0.2, 0) is 18.8 Å². The number of nitrogens with zero attached hydrogens (tertiary/aromatic N) is 2. The van der Waals surface area contributed by atoms with Gasteiger partial charge in [-0.05, 0) is 18.9 Å². The topological polar surface area (TPSA) is 43.8 Å². The quantitative estimate of drug-likeness (QED) is 0.752. The molecule has 2 N–H and O–H groups in total. The van der Waals surface area contributed by atoms with Gasteiger partial charge in [-0.2, -0.15) is 18.3 Å². The molecule has 6 heteroatoms. The Hall–Kier alpha value is -1.04. The highest BCUT2D eigenvalue weighted by Crippen LogP contribution is 2.43. The number of aryl methyl sites for hydroxylation is 1. The molecule has 0 unspecified atom stereocenters. The summed E-state index contributed by atoms with van der Waals surface area (Å²) < 4.78 is 37.9. The molecule has 0 atom stereocenters. The molecule has 0 bridgehead atoms. The third-order valence-electron chi connectivity index (χ3n) is 2.47. The minimum Gasteiger partial charge on any atom is -0.320 e. The number of aromatic nitrogens is 2. The molecule has 1 aromatic rings. The molecule has 0 aromatic carbocycles. The molecule has 0 aliphatic heterocycles. The van der Waals surface area contributed by atoms with E-state index in [4.69, 9.17) is 5.73 Å². The van der Waals surface area contributed by atoms with Crippen LogP contribution < -0.4 is 5.73 Å². The smallest absolute Gasteiger partial charge is 0.320 e. The molecule has 1 heterocycles. The second-order valence-electron chi connectivity index (χ2n) is 3.69. The predicted octanol–water partition coefficient (Wildman–Crippen LogP) is 1.39. The van der Waals surface area contributed by atoms with Crippen molar-refractivity contribution in [1.29, 1.82) is 0 Å². The molecule has 3 nitrogen and oxygen atoms in total. The van der Waals surface area contributed by atoms with Crippen molar-refractivity contribution in [2.24, 2.45) is 12.8 Å². The molecule has 1 aliphatic rings. The maximum Gasteiger partial charge on any atom is 0.433 e. The number of alkyl halides is 3. The van der Waals surface area contributed by atoms with Crippen LogP contribution in [0.4, 0.5) is 13.2 Å². The van der Waals surface area contributed by atoms with Crippen molar-refractivity contribution in [3.63, 3.8) is 0 Å². The van der Waals surface area contributed by atoms with Crippen molar-refractivity contribution in [3.8, 4) is 0 Å². The molecule has 78 valence electrons. The minimum absolute atomic E-state index is 0.340. The van der Waals surface area contributed by atoms with Crippen molar-refractivity contribution >= 4 is 0 Å². The van der Waals surface area contributed by atoms with E-state index in [0.717, 1.165) is 10.7 Å². The fourth-order valence-corrected chi connectivity index (χ4v) is 1.37. The average molecular weight is 205 g/mol. The van der Waals surface area contributed by atoms with Crippen LogP contribution >= 0.6 is 0 Å². The molecule has 2 rings (SSSR count). The summed E-state index contributed by atoms with van der Waals surface area (Å²) in [6, 6.07) is 1.03. The first-order valence-corrected chi connectivity index (χ1v) is 4.23. The maximum atomic E-state index is 12.4. The Morgan fingerprint density at radius 1 is 1.50 bits per heavy atom. The van der Waals surface area contributed by atoms with Gasteiger partial charge in [0.15, 0.2) is 0 Å². The monoisotopic (exact) mass is 205 g/mol. The van der Waals surface area contributed by atoms with Crippen LogP contribution in [0.2, 0.25) is 0 Å².